The van der Waals surface area contributed by atoms with E-state index in [2.05, 4.69) is 9.97 Å². The van der Waals surface area contributed by atoms with Gasteiger partial charge >= 0.3 is 11.7 Å². The minimum atomic E-state index is -0.559. The Labute approximate surface area is 109 Å². The van der Waals surface area contributed by atoms with Crippen molar-refractivity contribution in [1.82, 2.24) is 9.97 Å². The molecule has 0 aliphatic carbocycles. The molecule has 1 saturated heterocycles. The Bertz CT molecular complexity index is 476. The molecule has 19 heavy (non-hydrogen) atoms. The highest BCUT2D eigenvalue weighted by atomic mass is 16.6. The summed E-state index contributed by atoms with van der Waals surface area (Å²) in [5.74, 6) is 0.0168. The first-order valence-corrected chi connectivity index (χ1v) is 6.03. The summed E-state index contributed by atoms with van der Waals surface area (Å²) in [6, 6.07) is -0.401. The Morgan fingerprint density at radius 3 is 2.84 bits per heavy atom. The molecule has 0 radical (unpaired) electrons. The molecule has 1 unspecified atom stereocenters. The van der Waals surface area contributed by atoms with Gasteiger partial charge in [-0.1, -0.05) is 0 Å². The van der Waals surface area contributed by atoms with Crippen molar-refractivity contribution < 1.29 is 14.5 Å². The highest BCUT2D eigenvalue weighted by Gasteiger charge is 2.33. The smallest absolute Gasteiger partial charge is 0.328 e. The number of anilines is 1. The van der Waals surface area contributed by atoms with Gasteiger partial charge in [-0.25, -0.2) is 14.8 Å². The van der Waals surface area contributed by atoms with E-state index in [4.69, 9.17) is 4.74 Å². The zero-order valence-corrected chi connectivity index (χ0v) is 10.5. The van der Waals surface area contributed by atoms with E-state index in [-0.39, 0.29) is 11.7 Å². The summed E-state index contributed by atoms with van der Waals surface area (Å²) in [4.78, 5) is 31.4. The zero-order chi connectivity index (χ0) is 13.8. The average molecular weight is 266 g/mol. The van der Waals surface area contributed by atoms with E-state index in [0.717, 1.165) is 18.8 Å². The van der Waals surface area contributed by atoms with Crippen LogP contribution in [0.15, 0.2) is 12.4 Å². The Balaban J connectivity index is 2.15. The van der Waals surface area contributed by atoms with E-state index in [9.17, 15) is 14.9 Å². The van der Waals surface area contributed by atoms with Crippen LogP contribution in [0.25, 0.3) is 0 Å². The maximum Gasteiger partial charge on any atom is 0.328 e. The monoisotopic (exact) mass is 266 g/mol. The largest absolute Gasteiger partial charge is 0.464 e. The fraction of sp³-hybridized carbons (Fsp3) is 0.545. The Hall–Kier alpha value is -2.25. The van der Waals surface area contributed by atoms with E-state index < -0.39 is 11.0 Å². The van der Waals surface area contributed by atoms with Gasteiger partial charge in [0.2, 0.25) is 5.95 Å². The van der Waals surface area contributed by atoms with Gasteiger partial charge in [0.25, 0.3) is 0 Å². The summed E-state index contributed by atoms with van der Waals surface area (Å²) >= 11 is 0. The normalized spacial score (nSPS) is 18.4. The van der Waals surface area contributed by atoms with Crippen molar-refractivity contribution >= 4 is 17.6 Å². The van der Waals surface area contributed by atoms with E-state index in [1.807, 2.05) is 0 Å². The van der Waals surface area contributed by atoms with Gasteiger partial charge < -0.3 is 9.64 Å². The number of nitro groups is 1. The molecule has 1 aliphatic heterocycles. The number of nitrogens with zero attached hydrogens (tertiary/aromatic N) is 4. The van der Waals surface area contributed by atoms with Crippen LogP contribution in [0.1, 0.15) is 19.8 Å². The third kappa shape index (κ3) is 2.78. The molecule has 0 bridgehead atoms. The van der Waals surface area contributed by atoms with Crippen molar-refractivity contribution in [3.05, 3.63) is 22.5 Å². The van der Waals surface area contributed by atoms with Crippen LogP contribution in [-0.2, 0) is 9.53 Å². The van der Waals surface area contributed by atoms with Crippen LogP contribution < -0.4 is 4.90 Å². The first-order valence-electron chi connectivity index (χ1n) is 6.03. The van der Waals surface area contributed by atoms with Crippen LogP contribution in [0.3, 0.4) is 0 Å². The third-order valence-corrected chi connectivity index (χ3v) is 2.90. The van der Waals surface area contributed by atoms with Crippen LogP contribution in [0.5, 0.6) is 0 Å². The molecular formula is C11H14N4O4. The van der Waals surface area contributed by atoms with Crippen molar-refractivity contribution in [2.24, 2.45) is 0 Å². The highest BCUT2D eigenvalue weighted by Crippen LogP contribution is 2.23. The molecule has 0 spiro atoms. The second-order valence-corrected chi connectivity index (χ2v) is 4.10. The molecule has 0 N–H and O–H groups in total. The topological polar surface area (TPSA) is 98.5 Å². The minimum Gasteiger partial charge on any atom is -0.464 e. The minimum absolute atomic E-state index is 0.171. The fourth-order valence-corrected chi connectivity index (χ4v) is 2.05. The summed E-state index contributed by atoms with van der Waals surface area (Å²) in [5, 5.41) is 10.5. The number of esters is 1. The number of hydrogen-bond acceptors (Lipinski definition) is 7. The second kappa shape index (κ2) is 5.59. The van der Waals surface area contributed by atoms with Crippen LogP contribution >= 0.6 is 0 Å². The number of carbonyl (C=O) groups is 1. The van der Waals surface area contributed by atoms with Gasteiger partial charge in [-0.3, -0.25) is 10.1 Å². The lowest BCUT2D eigenvalue weighted by molar-refractivity contribution is -0.385. The van der Waals surface area contributed by atoms with Gasteiger partial charge in [0, 0.05) is 6.54 Å². The Kier molecular flexibility index (Phi) is 3.88. The quantitative estimate of drug-likeness (QED) is 0.454. The molecule has 0 saturated carbocycles. The van der Waals surface area contributed by atoms with E-state index in [1.165, 1.54) is 0 Å². The zero-order valence-electron chi connectivity index (χ0n) is 10.5. The van der Waals surface area contributed by atoms with Gasteiger partial charge in [-0.15, -0.1) is 0 Å². The van der Waals surface area contributed by atoms with Crippen molar-refractivity contribution in [1.29, 1.82) is 0 Å². The highest BCUT2D eigenvalue weighted by molar-refractivity contribution is 5.80. The molecule has 0 amide bonds. The van der Waals surface area contributed by atoms with Crippen molar-refractivity contribution in [2.45, 2.75) is 25.8 Å². The van der Waals surface area contributed by atoms with Gasteiger partial charge in [0.15, 0.2) is 0 Å². The fourth-order valence-electron chi connectivity index (χ4n) is 2.05. The molecule has 0 aromatic carbocycles. The predicted octanol–water partition coefficient (Wildman–Crippen LogP) is 0.917. The summed E-state index contributed by atoms with van der Waals surface area (Å²) < 4.78 is 5.00. The summed E-state index contributed by atoms with van der Waals surface area (Å²) in [6.07, 6.45) is 3.80. The molecule has 1 aromatic heterocycles. The third-order valence-electron chi connectivity index (χ3n) is 2.90. The first-order chi connectivity index (χ1) is 9.13. The number of hydrogen-bond donors (Lipinski definition) is 0. The molecule has 8 heteroatoms. The summed E-state index contributed by atoms with van der Waals surface area (Å²) in [7, 11) is 0. The van der Waals surface area contributed by atoms with Crippen molar-refractivity contribution in [3.63, 3.8) is 0 Å². The first kappa shape index (κ1) is 13.2. The van der Waals surface area contributed by atoms with Crippen LogP contribution in [0.2, 0.25) is 0 Å². The predicted molar refractivity (Wildman–Crippen MR) is 65.7 cm³/mol. The average Bonchev–Trinajstić information content (AvgIpc) is 2.88. The molecule has 102 valence electrons. The van der Waals surface area contributed by atoms with E-state index in [0.29, 0.717) is 25.5 Å². The maximum absolute atomic E-state index is 11.8. The number of ether oxygens (including phenoxy) is 1. The molecule has 1 aliphatic rings. The van der Waals surface area contributed by atoms with Crippen LogP contribution in [0.4, 0.5) is 11.6 Å². The van der Waals surface area contributed by atoms with E-state index in [1.54, 1.807) is 11.8 Å². The molecular weight excluding hydrogens is 252 g/mol. The summed E-state index contributed by atoms with van der Waals surface area (Å²) in [5.41, 5.74) is -0.171. The lowest BCUT2D eigenvalue weighted by Gasteiger charge is -2.22. The van der Waals surface area contributed by atoms with Gasteiger partial charge in [-0.05, 0) is 19.8 Å². The lowest BCUT2D eigenvalue weighted by Crippen LogP contribution is -2.38. The molecule has 1 aromatic rings. The van der Waals surface area contributed by atoms with Crippen LogP contribution in [-0.4, -0.2) is 40.1 Å². The number of carbonyl (C=O) groups excluding carboxylic acids is 1. The lowest BCUT2D eigenvalue weighted by atomic mass is 10.2. The van der Waals surface area contributed by atoms with E-state index >= 15 is 0 Å². The SMILES string of the molecule is CCOC(=O)C1CCCN1c1ncc([N+](=O)[O-])cn1. The summed E-state index contributed by atoms with van der Waals surface area (Å²) in [6.45, 7) is 2.71. The second-order valence-electron chi connectivity index (χ2n) is 4.10. The van der Waals surface area contributed by atoms with Crippen LogP contribution in [0, 0.1) is 10.1 Å². The molecule has 1 fully saturated rings. The number of aromatic nitrogens is 2. The Morgan fingerprint density at radius 2 is 2.26 bits per heavy atom. The van der Waals surface area contributed by atoms with Crippen molar-refractivity contribution in [2.75, 3.05) is 18.1 Å². The Morgan fingerprint density at radius 1 is 1.58 bits per heavy atom. The van der Waals surface area contributed by atoms with Crippen molar-refractivity contribution in [3.8, 4) is 0 Å². The standard InChI is InChI=1S/C11H14N4O4/c1-2-19-10(16)9-4-3-5-14(9)11-12-6-8(7-13-11)15(17)18/h6-7,9H,2-5H2,1H3. The molecule has 2 heterocycles. The molecule has 1 atom stereocenters. The number of rotatable bonds is 4. The molecule has 8 nitrogen and oxygen atoms in total. The maximum atomic E-state index is 11.8. The van der Waals surface area contributed by atoms with Gasteiger partial charge in [-0.2, -0.15) is 0 Å². The van der Waals surface area contributed by atoms with Gasteiger partial charge in [0.1, 0.15) is 18.4 Å². The molecule has 2 rings (SSSR count). The van der Waals surface area contributed by atoms with Gasteiger partial charge in [0.05, 0.1) is 11.5 Å².